The highest BCUT2D eigenvalue weighted by molar-refractivity contribution is 5.77. The van der Waals surface area contributed by atoms with Crippen LogP contribution in [0.5, 0.6) is 0 Å². The van der Waals surface area contributed by atoms with Crippen LogP contribution in [-0.2, 0) is 4.79 Å². The van der Waals surface area contributed by atoms with Gasteiger partial charge < -0.3 is 5.11 Å². The Balaban J connectivity index is 4.03. The number of hydrogen-bond donors (Lipinski definition) is 1. The average Bonchev–Trinajstić information content (AvgIpc) is 2.15. The van der Waals surface area contributed by atoms with E-state index in [1.54, 1.807) is 0 Å². The standard InChI is InChI=1S/C11H21FO2/c1-3-5-7-9-11(12,10(13)14)8-6-4-2/h3-9H2,1-2H3,(H,13,14). The van der Waals surface area contributed by atoms with Gasteiger partial charge in [-0.15, -0.1) is 0 Å². The maximum absolute atomic E-state index is 13.8. The van der Waals surface area contributed by atoms with Crippen molar-refractivity contribution in [1.82, 2.24) is 0 Å². The predicted molar refractivity (Wildman–Crippen MR) is 55.1 cm³/mol. The summed E-state index contributed by atoms with van der Waals surface area (Å²) in [5.41, 5.74) is -1.98. The summed E-state index contributed by atoms with van der Waals surface area (Å²) in [6.07, 6.45) is 4.37. The first-order chi connectivity index (χ1) is 6.56. The van der Waals surface area contributed by atoms with E-state index in [9.17, 15) is 9.18 Å². The Bertz CT molecular complexity index is 171. The monoisotopic (exact) mass is 204 g/mol. The van der Waals surface area contributed by atoms with Crippen molar-refractivity contribution in [2.24, 2.45) is 0 Å². The molecule has 14 heavy (non-hydrogen) atoms. The van der Waals surface area contributed by atoms with Gasteiger partial charge in [0.05, 0.1) is 0 Å². The van der Waals surface area contributed by atoms with E-state index in [2.05, 4.69) is 0 Å². The first-order valence-corrected chi connectivity index (χ1v) is 5.49. The second-order valence-electron chi connectivity index (χ2n) is 3.83. The first-order valence-electron chi connectivity index (χ1n) is 5.49. The Morgan fingerprint density at radius 3 is 2.07 bits per heavy atom. The van der Waals surface area contributed by atoms with E-state index in [0.717, 1.165) is 19.3 Å². The summed E-state index contributed by atoms with van der Waals surface area (Å²) in [5.74, 6) is -1.29. The van der Waals surface area contributed by atoms with Crippen LogP contribution in [0.25, 0.3) is 0 Å². The first kappa shape index (κ1) is 13.4. The molecule has 0 heterocycles. The van der Waals surface area contributed by atoms with E-state index in [1.807, 2.05) is 13.8 Å². The van der Waals surface area contributed by atoms with E-state index in [4.69, 9.17) is 5.11 Å². The minimum Gasteiger partial charge on any atom is -0.479 e. The highest BCUT2D eigenvalue weighted by Crippen LogP contribution is 2.26. The Morgan fingerprint density at radius 2 is 1.64 bits per heavy atom. The summed E-state index contributed by atoms with van der Waals surface area (Å²) in [6, 6.07) is 0. The fraction of sp³-hybridized carbons (Fsp3) is 0.909. The highest BCUT2D eigenvalue weighted by atomic mass is 19.1. The van der Waals surface area contributed by atoms with Gasteiger partial charge in [-0.2, -0.15) is 0 Å². The van der Waals surface area contributed by atoms with Crippen molar-refractivity contribution in [3.05, 3.63) is 0 Å². The number of halogens is 1. The van der Waals surface area contributed by atoms with E-state index in [-0.39, 0.29) is 12.8 Å². The van der Waals surface area contributed by atoms with E-state index in [1.165, 1.54) is 0 Å². The van der Waals surface area contributed by atoms with Crippen LogP contribution in [0.2, 0.25) is 0 Å². The molecule has 0 aromatic carbocycles. The van der Waals surface area contributed by atoms with E-state index in [0.29, 0.717) is 12.8 Å². The quantitative estimate of drug-likeness (QED) is 0.614. The van der Waals surface area contributed by atoms with Gasteiger partial charge in [0.15, 0.2) is 0 Å². The molecule has 1 atom stereocenters. The van der Waals surface area contributed by atoms with Crippen LogP contribution in [0.15, 0.2) is 0 Å². The molecule has 0 aliphatic rings. The van der Waals surface area contributed by atoms with Crippen LogP contribution in [0, 0.1) is 0 Å². The van der Waals surface area contributed by atoms with Gasteiger partial charge in [-0.25, -0.2) is 9.18 Å². The van der Waals surface area contributed by atoms with Crippen LogP contribution < -0.4 is 0 Å². The maximum atomic E-state index is 13.8. The number of alkyl halides is 1. The van der Waals surface area contributed by atoms with Crippen molar-refractivity contribution in [1.29, 1.82) is 0 Å². The minimum absolute atomic E-state index is 0.155. The van der Waals surface area contributed by atoms with Gasteiger partial charge in [0.2, 0.25) is 5.67 Å². The number of rotatable bonds is 8. The number of aliphatic carboxylic acids is 1. The molecule has 2 nitrogen and oxygen atoms in total. The highest BCUT2D eigenvalue weighted by Gasteiger charge is 2.36. The molecular weight excluding hydrogens is 183 g/mol. The summed E-state index contributed by atoms with van der Waals surface area (Å²) in [5, 5.41) is 8.78. The SMILES string of the molecule is CCCCCC(F)(CCCC)C(=O)O. The molecule has 0 aliphatic carbocycles. The fourth-order valence-electron chi connectivity index (χ4n) is 1.45. The van der Waals surface area contributed by atoms with Gasteiger partial charge >= 0.3 is 5.97 Å². The second kappa shape index (κ2) is 6.80. The molecule has 0 radical (unpaired) electrons. The number of unbranched alkanes of at least 4 members (excludes halogenated alkanes) is 3. The Hall–Kier alpha value is -0.600. The molecule has 1 N–H and O–H groups in total. The third kappa shape index (κ3) is 4.58. The lowest BCUT2D eigenvalue weighted by molar-refractivity contribution is -0.152. The average molecular weight is 204 g/mol. The normalized spacial score (nSPS) is 15.1. The third-order valence-electron chi connectivity index (χ3n) is 2.49. The molecule has 0 saturated carbocycles. The number of carboxylic acid groups (broad SMARTS) is 1. The number of carbonyl (C=O) groups is 1. The van der Waals surface area contributed by atoms with Crippen molar-refractivity contribution in [3.63, 3.8) is 0 Å². The fourth-order valence-corrected chi connectivity index (χ4v) is 1.45. The van der Waals surface area contributed by atoms with Crippen LogP contribution in [0.4, 0.5) is 4.39 Å². The summed E-state index contributed by atoms with van der Waals surface area (Å²) < 4.78 is 13.8. The Kier molecular flexibility index (Phi) is 6.50. The minimum atomic E-state index is -1.98. The maximum Gasteiger partial charge on any atom is 0.341 e. The molecule has 1 unspecified atom stereocenters. The third-order valence-corrected chi connectivity index (χ3v) is 2.49. The molecule has 0 aromatic rings. The van der Waals surface area contributed by atoms with Crippen molar-refractivity contribution in [2.45, 2.75) is 64.5 Å². The van der Waals surface area contributed by atoms with Crippen molar-refractivity contribution in [3.8, 4) is 0 Å². The molecule has 0 amide bonds. The van der Waals surface area contributed by atoms with Gasteiger partial charge in [0, 0.05) is 0 Å². The molecule has 0 aromatic heterocycles. The van der Waals surface area contributed by atoms with Crippen LogP contribution >= 0.6 is 0 Å². The zero-order valence-corrected chi connectivity index (χ0v) is 9.18. The molecule has 0 rings (SSSR count). The zero-order chi connectivity index (χ0) is 11.0. The molecule has 0 fully saturated rings. The van der Waals surface area contributed by atoms with Gasteiger partial charge in [0.25, 0.3) is 0 Å². The van der Waals surface area contributed by atoms with Crippen LogP contribution in [0.3, 0.4) is 0 Å². The predicted octanol–water partition coefficient (Wildman–Crippen LogP) is 3.55. The van der Waals surface area contributed by atoms with Crippen molar-refractivity contribution < 1.29 is 14.3 Å². The molecule has 84 valence electrons. The smallest absolute Gasteiger partial charge is 0.341 e. The number of carboxylic acids is 1. The number of hydrogen-bond acceptors (Lipinski definition) is 1. The van der Waals surface area contributed by atoms with Crippen molar-refractivity contribution >= 4 is 5.97 Å². The van der Waals surface area contributed by atoms with Gasteiger partial charge in [-0.3, -0.25) is 0 Å². The Labute approximate surface area is 85.5 Å². The Morgan fingerprint density at radius 1 is 1.14 bits per heavy atom. The summed E-state index contributed by atoms with van der Waals surface area (Å²) in [4.78, 5) is 10.7. The largest absolute Gasteiger partial charge is 0.479 e. The van der Waals surface area contributed by atoms with E-state index < -0.39 is 11.6 Å². The van der Waals surface area contributed by atoms with Crippen LogP contribution in [0.1, 0.15) is 58.8 Å². The molecule has 0 spiro atoms. The van der Waals surface area contributed by atoms with E-state index >= 15 is 0 Å². The lowest BCUT2D eigenvalue weighted by Gasteiger charge is -2.20. The van der Waals surface area contributed by atoms with Gasteiger partial charge in [0.1, 0.15) is 0 Å². The lowest BCUT2D eigenvalue weighted by Crippen LogP contribution is -2.33. The topological polar surface area (TPSA) is 37.3 Å². The lowest BCUT2D eigenvalue weighted by atomic mass is 9.92. The van der Waals surface area contributed by atoms with Gasteiger partial charge in [-0.1, -0.05) is 33.1 Å². The molecule has 0 saturated heterocycles. The summed E-state index contributed by atoms with van der Waals surface area (Å²) in [7, 11) is 0. The molecular formula is C11H21FO2. The summed E-state index contributed by atoms with van der Waals surface area (Å²) in [6.45, 7) is 3.96. The molecule has 0 bridgehead atoms. The zero-order valence-electron chi connectivity index (χ0n) is 9.18. The molecule has 3 heteroatoms. The van der Waals surface area contributed by atoms with Crippen LogP contribution in [-0.4, -0.2) is 16.7 Å². The molecule has 0 aliphatic heterocycles. The second-order valence-corrected chi connectivity index (χ2v) is 3.83. The van der Waals surface area contributed by atoms with Gasteiger partial charge in [-0.05, 0) is 25.7 Å². The summed E-state index contributed by atoms with van der Waals surface area (Å²) >= 11 is 0. The van der Waals surface area contributed by atoms with Crippen molar-refractivity contribution in [2.75, 3.05) is 0 Å².